The van der Waals surface area contributed by atoms with Gasteiger partial charge in [0.25, 0.3) is 0 Å². The van der Waals surface area contributed by atoms with Gasteiger partial charge in [-0.3, -0.25) is 4.79 Å². The zero-order valence-corrected chi connectivity index (χ0v) is 42.6. The molecule has 0 radical (unpaired) electrons. The molecule has 0 fully saturated rings. The molecule has 0 bridgehead atoms. The average molecular weight is 883 g/mol. The Morgan fingerprint density at radius 1 is 0.397 bits per heavy atom. The maximum Gasteiger partial charge on any atom is 0.220 e. The first kappa shape index (κ1) is 61.4. The van der Waals surface area contributed by atoms with Gasteiger partial charge in [-0.25, -0.2) is 0 Å². The van der Waals surface area contributed by atoms with Crippen molar-refractivity contribution in [3.8, 4) is 0 Å². The third-order valence-electron chi connectivity index (χ3n) is 13.1. The first-order valence-electron chi connectivity index (χ1n) is 28.3. The van der Waals surface area contributed by atoms with Crippen molar-refractivity contribution in [1.29, 1.82) is 0 Å². The quantitative estimate of drug-likeness (QED) is 0.0421. The second kappa shape index (κ2) is 54.7. The number of hydrogen-bond acceptors (Lipinski definition) is 3. The molecule has 0 saturated heterocycles. The summed E-state index contributed by atoms with van der Waals surface area (Å²) in [5.41, 5.74) is 0. The highest BCUT2D eigenvalue weighted by Crippen LogP contribution is 2.18. The molecular formula is C59H111NO3. The van der Waals surface area contributed by atoms with Crippen molar-refractivity contribution in [2.45, 2.75) is 315 Å². The van der Waals surface area contributed by atoms with Gasteiger partial charge < -0.3 is 15.5 Å². The lowest BCUT2D eigenvalue weighted by atomic mass is 10.0. The molecule has 0 aromatic heterocycles. The molecule has 0 aliphatic rings. The third-order valence-corrected chi connectivity index (χ3v) is 13.1. The van der Waals surface area contributed by atoms with Crippen LogP contribution in [-0.4, -0.2) is 34.9 Å². The molecule has 0 rings (SSSR count). The number of carbonyl (C=O) groups is 1. The van der Waals surface area contributed by atoms with Crippen molar-refractivity contribution in [3.63, 3.8) is 0 Å². The predicted octanol–water partition coefficient (Wildman–Crippen LogP) is 18.6. The van der Waals surface area contributed by atoms with Gasteiger partial charge in [0.1, 0.15) is 0 Å². The Hall–Kier alpha value is -1.65. The number of hydrogen-bond donors (Lipinski definition) is 3. The highest BCUT2D eigenvalue weighted by atomic mass is 16.3. The normalized spacial score (nSPS) is 13.1. The molecule has 0 aromatic rings. The first-order valence-corrected chi connectivity index (χ1v) is 28.3. The van der Waals surface area contributed by atoms with E-state index in [0.717, 1.165) is 51.4 Å². The van der Waals surface area contributed by atoms with Crippen molar-refractivity contribution >= 4 is 5.91 Å². The fourth-order valence-corrected chi connectivity index (χ4v) is 8.83. The van der Waals surface area contributed by atoms with Crippen LogP contribution >= 0.6 is 0 Å². The molecule has 0 spiro atoms. The van der Waals surface area contributed by atoms with E-state index >= 15 is 0 Å². The van der Waals surface area contributed by atoms with Crippen LogP contribution in [0.2, 0.25) is 0 Å². The van der Waals surface area contributed by atoms with E-state index in [-0.39, 0.29) is 12.5 Å². The monoisotopic (exact) mass is 882 g/mol. The number of allylic oxidation sites excluding steroid dienone is 8. The lowest BCUT2D eigenvalue weighted by molar-refractivity contribution is -0.123. The third kappa shape index (κ3) is 51.2. The van der Waals surface area contributed by atoms with Crippen molar-refractivity contribution < 1.29 is 15.0 Å². The molecule has 0 aliphatic carbocycles. The van der Waals surface area contributed by atoms with Crippen LogP contribution in [0.3, 0.4) is 0 Å². The van der Waals surface area contributed by atoms with Gasteiger partial charge in [-0.15, -0.1) is 0 Å². The lowest BCUT2D eigenvalue weighted by Crippen LogP contribution is -2.45. The Labute approximate surface area is 394 Å². The van der Waals surface area contributed by atoms with Crippen LogP contribution in [-0.2, 0) is 4.79 Å². The minimum Gasteiger partial charge on any atom is -0.394 e. The summed E-state index contributed by atoms with van der Waals surface area (Å²) in [6, 6.07) is -0.534. The smallest absolute Gasteiger partial charge is 0.220 e. The van der Waals surface area contributed by atoms with E-state index in [4.69, 9.17) is 0 Å². The van der Waals surface area contributed by atoms with Crippen LogP contribution in [0.1, 0.15) is 303 Å². The summed E-state index contributed by atoms with van der Waals surface area (Å²) in [6.07, 6.45) is 75.3. The molecule has 63 heavy (non-hydrogen) atoms. The van der Waals surface area contributed by atoms with Gasteiger partial charge in [-0.1, -0.05) is 294 Å². The molecule has 4 nitrogen and oxygen atoms in total. The molecule has 0 saturated carbocycles. The van der Waals surface area contributed by atoms with Crippen LogP contribution in [0.15, 0.2) is 48.6 Å². The average Bonchev–Trinajstić information content (AvgIpc) is 3.29. The highest BCUT2D eigenvalue weighted by Gasteiger charge is 2.20. The predicted molar refractivity (Wildman–Crippen MR) is 281 cm³/mol. The molecule has 0 aromatic carbocycles. The minimum atomic E-state index is -0.658. The largest absolute Gasteiger partial charge is 0.394 e. The van der Waals surface area contributed by atoms with Gasteiger partial charge >= 0.3 is 0 Å². The molecule has 1 amide bonds. The molecule has 2 atom stereocenters. The topological polar surface area (TPSA) is 69.6 Å². The Bertz CT molecular complexity index is 1000. The molecule has 3 N–H and O–H groups in total. The summed E-state index contributed by atoms with van der Waals surface area (Å²) in [6.45, 7) is 4.27. The zero-order chi connectivity index (χ0) is 45.6. The Morgan fingerprint density at radius 3 is 1.05 bits per heavy atom. The van der Waals surface area contributed by atoms with Crippen LogP contribution in [0.25, 0.3) is 0 Å². The van der Waals surface area contributed by atoms with Gasteiger partial charge in [-0.05, 0) is 51.4 Å². The van der Waals surface area contributed by atoms with Crippen LogP contribution in [0.4, 0.5) is 0 Å². The highest BCUT2D eigenvalue weighted by molar-refractivity contribution is 5.76. The van der Waals surface area contributed by atoms with Crippen LogP contribution < -0.4 is 5.32 Å². The van der Waals surface area contributed by atoms with E-state index in [1.54, 1.807) is 0 Å². The van der Waals surface area contributed by atoms with E-state index in [2.05, 4.69) is 67.8 Å². The summed E-state index contributed by atoms with van der Waals surface area (Å²) >= 11 is 0. The van der Waals surface area contributed by atoms with Crippen molar-refractivity contribution in [2.75, 3.05) is 6.61 Å². The SMILES string of the molecule is CC/C=C\C/C=C\C/C=C\C/C=C\CCCCCCCCCCCCCCCCCCCCCCCCC(=O)NC(CO)C(O)CCCCCCCCCCCCCCCCCC. The number of unbranched alkanes of at least 4 members (excludes halogenated alkanes) is 37. The van der Waals surface area contributed by atoms with Crippen molar-refractivity contribution in [2.24, 2.45) is 0 Å². The molecule has 0 aliphatic heterocycles. The van der Waals surface area contributed by atoms with E-state index in [1.165, 1.54) is 225 Å². The Morgan fingerprint density at radius 2 is 0.698 bits per heavy atom. The summed E-state index contributed by atoms with van der Waals surface area (Å²) in [5.74, 6) is -0.0264. The summed E-state index contributed by atoms with van der Waals surface area (Å²) < 4.78 is 0. The van der Waals surface area contributed by atoms with Crippen molar-refractivity contribution in [3.05, 3.63) is 48.6 Å². The number of aliphatic hydroxyl groups excluding tert-OH is 2. The number of rotatable bonds is 52. The Balaban J connectivity index is 3.40. The number of amides is 1. The summed E-state index contributed by atoms with van der Waals surface area (Å²) in [7, 11) is 0. The molecule has 370 valence electrons. The van der Waals surface area contributed by atoms with E-state index in [9.17, 15) is 15.0 Å². The number of nitrogens with one attached hydrogen (secondary N) is 1. The maximum atomic E-state index is 12.5. The van der Waals surface area contributed by atoms with E-state index < -0.39 is 12.1 Å². The molecular weight excluding hydrogens is 771 g/mol. The van der Waals surface area contributed by atoms with Crippen LogP contribution in [0.5, 0.6) is 0 Å². The fraction of sp³-hybridized carbons (Fsp3) is 0.847. The zero-order valence-electron chi connectivity index (χ0n) is 42.6. The second-order valence-corrected chi connectivity index (χ2v) is 19.3. The number of aliphatic hydroxyl groups is 2. The van der Waals surface area contributed by atoms with Gasteiger partial charge in [-0.2, -0.15) is 0 Å². The molecule has 0 heterocycles. The Kier molecular flexibility index (Phi) is 53.3. The van der Waals surface area contributed by atoms with Gasteiger partial charge in [0.15, 0.2) is 0 Å². The maximum absolute atomic E-state index is 12.5. The van der Waals surface area contributed by atoms with Gasteiger partial charge in [0.2, 0.25) is 5.91 Å². The van der Waals surface area contributed by atoms with Gasteiger partial charge in [0, 0.05) is 6.42 Å². The molecule has 4 heteroatoms. The second-order valence-electron chi connectivity index (χ2n) is 19.3. The van der Waals surface area contributed by atoms with E-state index in [0.29, 0.717) is 12.8 Å². The minimum absolute atomic E-state index is 0.0264. The van der Waals surface area contributed by atoms with E-state index in [1.807, 2.05) is 0 Å². The fourth-order valence-electron chi connectivity index (χ4n) is 8.83. The van der Waals surface area contributed by atoms with Gasteiger partial charge in [0.05, 0.1) is 18.8 Å². The number of carbonyl (C=O) groups excluding carboxylic acids is 1. The standard InChI is InChI=1S/C59H111NO3/c1-3-5-7-9-11-13-15-17-19-21-22-23-24-25-26-27-28-29-30-31-32-33-34-35-36-37-38-39-41-43-45-47-49-51-53-55-59(63)60-57(56-61)58(62)54-52-50-48-46-44-42-40-20-18-16-14-12-10-8-6-4-2/h5,7,11,13,17,19,22-23,57-58,61-62H,3-4,6,8-10,12,14-16,18,20-21,24-56H2,1-2H3,(H,60,63)/b7-5-,13-11-,19-17-,23-22-. The lowest BCUT2D eigenvalue weighted by Gasteiger charge is -2.22. The first-order chi connectivity index (χ1) is 31.2. The van der Waals surface area contributed by atoms with Crippen molar-refractivity contribution in [1.82, 2.24) is 5.32 Å². The van der Waals surface area contributed by atoms with Crippen LogP contribution in [0, 0.1) is 0 Å². The summed E-state index contributed by atoms with van der Waals surface area (Å²) in [4.78, 5) is 12.5. The summed E-state index contributed by atoms with van der Waals surface area (Å²) in [5, 5.41) is 23.3. The molecule has 2 unspecified atom stereocenters.